The minimum absolute atomic E-state index is 0.0722. The number of benzene rings is 6. The fraction of sp³-hybridized carbons (Fsp3) is 0.0889. The molecule has 0 amide bonds. The van der Waals surface area contributed by atoms with Crippen LogP contribution in [0.3, 0.4) is 0 Å². The summed E-state index contributed by atoms with van der Waals surface area (Å²) in [6, 6.07) is 55.1. The second-order valence-electron chi connectivity index (χ2n) is 13.3. The lowest BCUT2D eigenvalue weighted by Crippen LogP contribution is -2.14. The van der Waals surface area contributed by atoms with Crippen LogP contribution in [0.5, 0.6) is 0 Å². The van der Waals surface area contributed by atoms with Gasteiger partial charge in [0, 0.05) is 38.6 Å². The Hall–Kier alpha value is -5.73. The second-order valence-corrected chi connectivity index (χ2v) is 13.3. The molecule has 0 atom stereocenters. The van der Waals surface area contributed by atoms with E-state index in [0.717, 1.165) is 33.8 Å². The summed E-state index contributed by atoms with van der Waals surface area (Å²) >= 11 is 0. The molecule has 2 heterocycles. The van der Waals surface area contributed by atoms with E-state index in [-0.39, 0.29) is 5.41 Å². The molecule has 0 saturated heterocycles. The zero-order valence-corrected chi connectivity index (χ0v) is 26.8. The number of aryl methyl sites for hydroxylation is 1. The van der Waals surface area contributed by atoms with Crippen molar-refractivity contribution in [3.8, 4) is 50.5 Å². The number of aromatic nitrogens is 2. The van der Waals surface area contributed by atoms with Gasteiger partial charge in [0.15, 0.2) is 0 Å². The van der Waals surface area contributed by atoms with Crippen molar-refractivity contribution in [2.75, 3.05) is 0 Å². The third-order valence-electron chi connectivity index (χ3n) is 10.0. The van der Waals surface area contributed by atoms with E-state index in [1.807, 2.05) is 0 Å². The predicted molar refractivity (Wildman–Crippen MR) is 197 cm³/mol. The molecule has 0 saturated carbocycles. The molecular weight excluding hydrogens is 569 g/mol. The molecule has 0 bridgehead atoms. The fourth-order valence-corrected chi connectivity index (χ4v) is 7.74. The quantitative estimate of drug-likeness (QED) is 0.196. The number of fused-ring (bicyclic) bond motifs is 7. The van der Waals surface area contributed by atoms with E-state index >= 15 is 0 Å². The van der Waals surface area contributed by atoms with Crippen molar-refractivity contribution in [1.29, 1.82) is 0 Å². The topological polar surface area (TPSA) is 17.8 Å². The van der Waals surface area contributed by atoms with Crippen molar-refractivity contribution in [3.63, 3.8) is 0 Å². The van der Waals surface area contributed by atoms with E-state index in [4.69, 9.17) is 4.98 Å². The third kappa shape index (κ3) is 4.29. The number of hydrogen-bond acceptors (Lipinski definition) is 1. The predicted octanol–water partition coefficient (Wildman–Crippen LogP) is 11.8. The Balaban J connectivity index is 1.30. The van der Waals surface area contributed by atoms with Crippen LogP contribution in [-0.2, 0) is 5.41 Å². The monoisotopic (exact) mass is 602 g/mol. The van der Waals surface area contributed by atoms with E-state index in [1.54, 1.807) is 0 Å². The SMILES string of the molecule is Cc1cccc(-c2cc(-c3ccccc3)cc(-c3cccc(-n4c5ccccc5c5ccc6c(c54)-c4ccccc4C6(C)C)c3)n2)c1. The lowest BCUT2D eigenvalue weighted by Gasteiger charge is -2.21. The summed E-state index contributed by atoms with van der Waals surface area (Å²) in [5.41, 5.74) is 16.7. The van der Waals surface area contributed by atoms with Crippen LogP contribution in [0.2, 0.25) is 0 Å². The van der Waals surface area contributed by atoms with Crippen molar-refractivity contribution >= 4 is 21.8 Å². The largest absolute Gasteiger partial charge is 0.309 e. The Morgan fingerprint density at radius 3 is 2.00 bits per heavy atom. The zero-order chi connectivity index (χ0) is 31.7. The van der Waals surface area contributed by atoms with Gasteiger partial charge in [-0.25, -0.2) is 4.98 Å². The van der Waals surface area contributed by atoms with E-state index in [2.05, 4.69) is 177 Å². The maximum Gasteiger partial charge on any atom is 0.0716 e. The van der Waals surface area contributed by atoms with Crippen LogP contribution >= 0.6 is 0 Å². The van der Waals surface area contributed by atoms with Crippen molar-refractivity contribution < 1.29 is 0 Å². The van der Waals surface area contributed by atoms with Crippen LogP contribution < -0.4 is 0 Å². The van der Waals surface area contributed by atoms with Crippen molar-refractivity contribution in [2.45, 2.75) is 26.2 Å². The van der Waals surface area contributed by atoms with Gasteiger partial charge in [-0.2, -0.15) is 0 Å². The zero-order valence-electron chi connectivity index (χ0n) is 26.8. The number of para-hydroxylation sites is 1. The van der Waals surface area contributed by atoms with Crippen molar-refractivity contribution in [3.05, 3.63) is 168 Å². The molecule has 0 aliphatic heterocycles. The Bertz CT molecular complexity index is 2500. The molecule has 2 heteroatoms. The average molecular weight is 603 g/mol. The molecule has 2 nitrogen and oxygen atoms in total. The number of rotatable bonds is 4. The first-order chi connectivity index (χ1) is 23.0. The lowest BCUT2D eigenvalue weighted by molar-refractivity contribution is 0.661. The minimum atomic E-state index is -0.0722. The summed E-state index contributed by atoms with van der Waals surface area (Å²) in [6.45, 7) is 6.85. The molecule has 47 heavy (non-hydrogen) atoms. The van der Waals surface area contributed by atoms with Crippen LogP contribution in [0.15, 0.2) is 152 Å². The molecule has 9 rings (SSSR count). The van der Waals surface area contributed by atoms with Gasteiger partial charge in [0.05, 0.1) is 22.4 Å². The van der Waals surface area contributed by atoms with E-state index in [1.165, 1.54) is 55.2 Å². The van der Waals surface area contributed by atoms with Crippen molar-refractivity contribution in [2.24, 2.45) is 0 Å². The highest BCUT2D eigenvalue weighted by Gasteiger charge is 2.37. The van der Waals surface area contributed by atoms with Gasteiger partial charge in [0.25, 0.3) is 0 Å². The highest BCUT2D eigenvalue weighted by Crippen LogP contribution is 2.52. The van der Waals surface area contributed by atoms with Gasteiger partial charge in [-0.1, -0.05) is 135 Å². The van der Waals surface area contributed by atoms with Crippen molar-refractivity contribution in [1.82, 2.24) is 9.55 Å². The smallest absolute Gasteiger partial charge is 0.0716 e. The molecule has 224 valence electrons. The first-order valence-corrected chi connectivity index (χ1v) is 16.4. The van der Waals surface area contributed by atoms with Crippen LogP contribution in [0.1, 0.15) is 30.5 Å². The second kappa shape index (κ2) is 10.4. The van der Waals surface area contributed by atoms with Gasteiger partial charge in [-0.05, 0) is 71.1 Å². The Morgan fingerprint density at radius 2 is 1.19 bits per heavy atom. The maximum absolute atomic E-state index is 5.28. The van der Waals surface area contributed by atoms with Crippen LogP contribution in [0.4, 0.5) is 0 Å². The molecule has 2 aromatic heterocycles. The molecule has 1 aliphatic rings. The summed E-state index contributed by atoms with van der Waals surface area (Å²) in [5.74, 6) is 0. The standard InChI is InChI=1S/C45H34N2/c1-29-13-11-16-31(25-29)40-27-33(30-14-5-4-6-15-30)28-41(46-40)32-17-12-18-34(26-32)47-42-22-10-8-19-35(42)36-23-24-39-43(44(36)47)37-20-7-9-21-38(37)45(39,2)3/h4-28H,1-3H3. The van der Waals surface area contributed by atoms with Crippen LogP contribution in [0.25, 0.3) is 72.3 Å². The van der Waals surface area contributed by atoms with Gasteiger partial charge in [0.2, 0.25) is 0 Å². The molecule has 8 aromatic rings. The minimum Gasteiger partial charge on any atom is -0.309 e. The lowest BCUT2D eigenvalue weighted by atomic mass is 9.82. The summed E-state index contributed by atoms with van der Waals surface area (Å²) in [5, 5.41) is 2.55. The van der Waals surface area contributed by atoms with Gasteiger partial charge in [0.1, 0.15) is 0 Å². The maximum atomic E-state index is 5.28. The Kier molecular flexibility index (Phi) is 6.10. The van der Waals surface area contributed by atoms with Crippen LogP contribution in [0, 0.1) is 6.92 Å². The number of nitrogens with zero attached hydrogens (tertiary/aromatic N) is 2. The summed E-state index contributed by atoms with van der Waals surface area (Å²) < 4.78 is 2.48. The van der Waals surface area contributed by atoms with Gasteiger partial charge >= 0.3 is 0 Å². The van der Waals surface area contributed by atoms with E-state index in [9.17, 15) is 0 Å². The van der Waals surface area contributed by atoms with Gasteiger partial charge in [-0.15, -0.1) is 0 Å². The molecule has 0 unspecified atom stereocenters. The highest BCUT2D eigenvalue weighted by atomic mass is 15.0. The molecular formula is C45H34N2. The average Bonchev–Trinajstić information content (AvgIpc) is 3.57. The molecule has 0 fully saturated rings. The molecule has 0 radical (unpaired) electrons. The van der Waals surface area contributed by atoms with Crippen LogP contribution in [-0.4, -0.2) is 9.55 Å². The van der Waals surface area contributed by atoms with E-state index in [0.29, 0.717) is 0 Å². The normalized spacial score (nSPS) is 13.2. The fourth-order valence-electron chi connectivity index (χ4n) is 7.74. The number of hydrogen-bond donors (Lipinski definition) is 0. The molecule has 0 N–H and O–H groups in total. The molecule has 0 spiro atoms. The summed E-state index contributed by atoms with van der Waals surface area (Å²) in [6.07, 6.45) is 0. The molecule has 1 aliphatic carbocycles. The highest BCUT2D eigenvalue weighted by molar-refractivity contribution is 6.15. The molecule has 6 aromatic carbocycles. The first-order valence-electron chi connectivity index (χ1n) is 16.4. The number of pyridine rings is 1. The Labute approximate surface area is 275 Å². The van der Waals surface area contributed by atoms with Gasteiger partial charge < -0.3 is 4.57 Å². The summed E-state index contributed by atoms with van der Waals surface area (Å²) in [7, 11) is 0. The third-order valence-corrected chi connectivity index (χ3v) is 10.0. The Morgan fingerprint density at radius 1 is 0.511 bits per heavy atom. The van der Waals surface area contributed by atoms with Gasteiger partial charge in [-0.3, -0.25) is 0 Å². The summed E-state index contributed by atoms with van der Waals surface area (Å²) in [4.78, 5) is 5.28. The van der Waals surface area contributed by atoms with E-state index < -0.39 is 0 Å². The first kappa shape index (κ1) is 27.6.